The summed E-state index contributed by atoms with van der Waals surface area (Å²) in [4.78, 5) is 12.6. The average molecular weight is 314 g/mol. The van der Waals surface area contributed by atoms with Gasteiger partial charge >= 0.3 is 0 Å². The maximum Gasteiger partial charge on any atom is 0.230 e. The number of aliphatic hydroxyl groups excluding tert-OH is 1. The van der Waals surface area contributed by atoms with Crippen molar-refractivity contribution in [3.63, 3.8) is 0 Å². The highest BCUT2D eigenvalue weighted by Gasteiger charge is 2.36. The Balaban J connectivity index is 2.88. The number of halogens is 1. The Morgan fingerprint density at radius 3 is 2.38 bits per heavy atom. The molecular formula is C16H24ClNO3. The fraction of sp³-hybridized carbons (Fsp3) is 0.562. The molecule has 1 aromatic carbocycles. The Hall–Kier alpha value is -1.10. The SMILES string of the molecule is CCC(CC)(C(=O)NCC(O)COC)c1ccc(Cl)cc1. The average Bonchev–Trinajstić information content (AvgIpc) is 2.49. The minimum atomic E-state index is -0.699. The number of aliphatic hydroxyl groups is 1. The molecule has 1 atom stereocenters. The lowest BCUT2D eigenvalue weighted by Crippen LogP contribution is -2.46. The second-order valence-corrected chi connectivity index (χ2v) is 5.55. The normalized spacial score (nSPS) is 13.0. The first-order chi connectivity index (χ1) is 10.00. The second kappa shape index (κ2) is 8.37. The first-order valence-electron chi connectivity index (χ1n) is 7.21. The molecule has 0 radical (unpaired) electrons. The van der Waals surface area contributed by atoms with E-state index < -0.39 is 11.5 Å². The van der Waals surface area contributed by atoms with Gasteiger partial charge in [0, 0.05) is 18.7 Å². The van der Waals surface area contributed by atoms with E-state index in [1.807, 2.05) is 26.0 Å². The van der Waals surface area contributed by atoms with Crippen LogP contribution in [0.5, 0.6) is 0 Å². The molecule has 0 fully saturated rings. The highest BCUT2D eigenvalue weighted by molar-refractivity contribution is 6.30. The lowest BCUT2D eigenvalue weighted by atomic mass is 9.75. The number of amides is 1. The number of carbonyl (C=O) groups is 1. The summed E-state index contributed by atoms with van der Waals surface area (Å²) in [5, 5.41) is 13.1. The van der Waals surface area contributed by atoms with E-state index in [9.17, 15) is 9.90 Å². The molecule has 0 aliphatic carbocycles. The highest BCUT2D eigenvalue weighted by Crippen LogP contribution is 2.32. The van der Waals surface area contributed by atoms with Crippen LogP contribution >= 0.6 is 11.6 Å². The van der Waals surface area contributed by atoms with Gasteiger partial charge in [-0.1, -0.05) is 37.6 Å². The van der Waals surface area contributed by atoms with Crippen molar-refractivity contribution in [2.75, 3.05) is 20.3 Å². The molecule has 21 heavy (non-hydrogen) atoms. The van der Waals surface area contributed by atoms with E-state index in [-0.39, 0.29) is 19.1 Å². The van der Waals surface area contributed by atoms with Crippen LogP contribution in [0.15, 0.2) is 24.3 Å². The van der Waals surface area contributed by atoms with E-state index in [4.69, 9.17) is 16.3 Å². The maximum absolute atomic E-state index is 12.6. The van der Waals surface area contributed by atoms with E-state index in [1.54, 1.807) is 12.1 Å². The van der Waals surface area contributed by atoms with E-state index in [1.165, 1.54) is 7.11 Å². The molecule has 4 nitrogen and oxygen atoms in total. The summed E-state index contributed by atoms with van der Waals surface area (Å²) in [6.45, 7) is 4.36. The standard InChI is InChI=1S/C16H24ClNO3/c1-4-16(5-2,12-6-8-13(17)9-7-12)15(20)18-10-14(19)11-21-3/h6-9,14,19H,4-5,10-11H2,1-3H3,(H,18,20). The number of carbonyl (C=O) groups excluding carboxylic acids is 1. The molecule has 0 saturated heterocycles. The molecule has 0 bridgehead atoms. The predicted molar refractivity (Wildman–Crippen MR) is 84.6 cm³/mol. The van der Waals surface area contributed by atoms with Crippen molar-refractivity contribution in [3.8, 4) is 0 Å². The van der Waals surface area contributed by atoms with E-state index in [0.717, 1.165) is 5.56 Å². The van der Waals surface area contributed by atoms with Gasteiger partial charge in [0.05, 0.1) is 18.1 Å². The largest absolute Gasteiger partial charge is 0.389 e. The van der Waals surface area contributed by atoms with Crippen LogP contribution in [-0.4, -0.2) is 37.4 Å². The predicted octanol–water partition coefficient (Wildman–Crippen LogP) is 2.52. The zero-order valence-corrected chi connectivity index (χ0v) is 13.6. The molecule has 0 spiro atoms. The van der Waals surface area contributed by atoms with Gasteiger partial charge in [-0.05, 0) is 30.5 Å². The maximum atomic E-state index is 12.6. The minimum absolute atomic E-state index is 0.0787. The summed E-state index contributed by atoms with van der Waals surface area (Å²) in [6.07, 6.45) is 0.657. The van der Waals surface area contributed by atoms with Crippen molar-refractivity contribution in [1.82, 2.24) is 5.32 Å². The smallest absolute Gasteiger partial charge is 0.230 e. The molecule has 0 aromatic heterocycles. The first kappa shape index (κ1) is 18.0. The van der Waals surface area contributed by atoms with E-state index in [2.05, 4.69) is 5.32 Å². The Labute approximate surface area is 131 Å². The van der Waals surface area contributed by atoms with Crippen LogP contribution in [0.4, 0.5) is 0 Å². The lowest BCUT2D eigenvalue weighted by molar-refractivity contribution is -0.127. The summed E-state index contributed by atoms with van der Waals surface area (Å²) in [7, 11) is 1.52. The van der Waals surface area contributed by atoms with Gasteiger partial charge in [-0.2, -0.15) is 0 Å². The second-order valence-electron chi connectivity index (χ2n) is 5.12. The molecule has 5 heteroatoms. The van der Waals surface area contributed by atoms with Crippen LogP contribution in [0.3, 0.4) is 0 Å². The molecule has 1 aromatic rings. The number of rotatable bonds is 8. The van der Waals surface area contributed by atoms with Crippen molar-refractivity contribution < 1.29 is 14.6 Å². The fourth-order valence-corrected chi connectivity index (χ4v) is 2.64. The van der Waals surface area contributed by atoms with Gasteiger partial charge in [-0.15, -0.1) is 0 Å². The zero-order valence-electron chi connectivity index (χ0n) is 12.9. The van der Waals surface area contributed by atoms with E-state index in [0.29, 0.717) is 17.9 Å². The fourth-order valence-electron chi connectivity index (χ4n) is 2.51. The van der Waals surface area contributed by atoms with Crippen LogP contribution in [0.25, 0.3) is 0 Å². The zero-order chi connectivity index (χ0) is 15.9. The van der Waals surface area contributed by atoms with Crippen LogP contribution < -0.4 is 5.32 Å². The summed E-state index contributed by atoms with van der Waals surface area (Å²) in [5.74, 6) is -0.0787. The van der Waals surface area contributed by atoms with Crippen LogP contribution in [0.1, 0.15) is 32.3 Å². The number of nitrogens with one attached hydrogen (secondary N) is 1. The molecule has 1 unspecified atom stereocenters. The van der Waals surface area contributed by atoms with Crippen molar-refractivity contribution in [1.29, 1.82) is 0 Å². The first-order valence-corrected chi connectivity index (χ1v) is 7.59. The minimum Gasteiger partial charge on any atom is -0.389 e. The van der Waals surface area contributed by atoms with Gasteiger partial charge in [-0.3, -0.25) is 4.79 Å². The van der Waals surface area contributed by atoms with Crippen molar-refractivity contribution in [3.05, 3.63) is 34.9 Å². The van der Waals surface area contributed by atoms with Gasteiger partial charge in [0.2, 0.25) is 5.91 Å². The van der Waals surface area contributed by atoms with E-state index >= 15 is 0 Å². The highest BCUT2D eigenvalue weighted by atomic mass is 35.5. The Morgan fingerprint density at radius 1 is 1.33 bits per heavy atom. The molecule has 0 aliphatic rings. The van der Waals surface area contributed by atoms with Gasteiger partial charge < -0.3 is 15.2 Å². The summed E-state index contributed by atoms with van der Waals surface area (Å²) in [6, 6.07) is 7.37. The van der Waals surface area contributed by atoms with Crippen LogP contribution in [-0.2, 0) is 14.9 Å². The number of methoxy groups -OCH3 is 1. The molecular weight excluding hydrogens is 290 g/mol. The lowest BCUT2D eigenvalue weighted by Gasteiger charge is -2.31. The molecule has 1 amide bonds. The van der Waals surface area contributed by atoms with Gasteiger partial charge in [-0.25, -0.2) is 0 Å². The van der Waals surface area contributed by atoms with Crippen LogP contribution in [0.2, 0.25) is 5.02 Å². The molecule has 118 valence electrons. The molecule has 0 aliphatic heterocycles. The molecule has 0 saturated carbocycles. The third kappa shape index (κ3) is 4.43. The summed E-state index contributed by atoms with van der Waals surface area (Å²) >= 11 is 5.92. The number of hydrogen-bond acceptors (Lipinski definition) is 3. The molecule has 2 N–H and O–H groups in total. The number of hydrogen-bond donors (Lipinski definition) is 2. The topological polar surface area (TPSA) is 58.6 Å². The number of benzene rings is 1. The quantitative estimate of drug-likeness (QED) is 0.775. The van der Waals surface area contributed by atoms with Gasteiger partial charge in [0.25, 0.3) is 0 Å². The van der Waals surface area contributed by atoms with Gasteiger partial charge in [0.15, 0.2) is 0 Å². The van der Waals surface area contributed by atoms with Crippen molar-refractivity contribution in [2.45, 2.75) is 38.2 Å². The Morgan fingerprint density at radius 2 is 1.90 bits per heavy atom. The van der Waals surface area contributed by atoms with Crippen LogP contribution in [0, 0.1) is 0 Å². The third-order valence-electron chi connectivity index (χ3n) is 3.90. The third-order valence-corrected chi connectivity index (χ3v) is 4.15. The monoisotopic (exact) mass is 313 g/mol. The Kier molecular flexibility index (Phi) is 7.15. The molecule has 1 rings (SSSR count). The Bertz CT molecular complexity index is 443. The van der Waals surface area contributed by atoms with Gasteiger partial charge in [0.1, 0.15) is 0 Å². The summed E-state index contributed by atoms with van der Waals surface area (Å²) in [5.41, 5.74) is 0.341. The van der Waals surface area contributed by atoms with Crippen molar-refractivity contribution in [2.24, 2.45) is 0 Å². The molecule has 0 heterocycles. The number of ether oxygens (including phenoxy) is 1. The summed E-state index contributed by atoms with van der Waals surface area (Å²) < 4.78 is 4.86. The van der Waals surface area contributed by atoms with Crippen molar-refractivity contribution >= 4 is 17.5 Å².